The molecule has 6 rings (SSSR count). The summed E-state index contributed by atoms with van der Waals surface area (Å²) in [6.45, 7) is 5.59. The number of aromatic nitrogens is 3. The summed E-state index contributed by atoms with van der Waals surface area (Å²) in [6.07, 6.45) is 1.96. The van der Waals surface area contributed by atoms with E-state index in [-0.39, 0.29) is 24.1 Å². The lowest BCUT2D eigenvalue weighted by Crippen LogP contribution is -2.56. The standard InChI is InChI=1S/C32H39Cl2N7O4/c33-26-7-6-22(20-27(26)34)21-28(30(42)39-18-16-38(17-19-39)24-8-12-35-13-9-24)45-32(44)40-14-10-25(11-15-40)41-31(43)36-29(37-41)23-4-2-1-3-5-23/h1-7,20,24-25,28,35H,8-19,21H2,(H,36,37,43)/t28-/m1/s1. The molecule has 0 aliphatic carbocycles. The fourth-order valence-electron chi connectivity index (χ4n) is 6.54. The van der Waals surface area contributed by atoms with Gasteiger partial charge in [-0.05, 0) is 56.5 Å². The molecule has 3 aliphatic heterocycles. The topological polar surface area (TPSA) is 116 Å². The maximum atomic E-state index is 13.8. The molecule has 45 heavy (non-hydrogen) atoms. The third-order valence-corrected chi connectivity index (χ3v) is 9.87. The number of benzene rings is 2. The largest absolute Gasteiger partial charge is 0.436 e. The van der Waals surface area contributed by atoms with Crippen LogP contribution in [-0.4, -0.2) is 106 Å². The lowest BCUT2D eigenvalue weighted by atomic mass is 10.0. The van der Waals surface area contributed by atoms with E-state index >= 15 is 0 Å². The average Bonchev–Trinajstić information content (AvgIpc) is 3.48. The third-order valence-electron chi connectivity index (χ3n) is 9.13. The van der Waals surface area contributed by atoms with Crippen molar-refractivity contribution in [1.82, 2.24) is 34.8 Å². The van der Waals surface area contributed by atoms with E-state index in [1.165, 1.54) is 4.68 Å². The number of halogens is 2. The van der Waals surface area contributed by atoms with Crippen molar-refractivity contribution in [3.8, 4) is 11.4 Å². The highest BCUT2D eigenvalue weighted by molar-refractivity contribution is 6.42. The zero-order valence-corrected chi connectivity index (χ0v) is 26.7. The number of likely N-dealkylation sites (tertiary alicyclic amines) is 1. The summed E-state index contributed by atoms with van der Waals surface area (Å²) in [5.74, 6) is 0.313. The van der Waals surface area contributed by atoms with E-state index < -0.39 is 12.2 Å². The normalized spacial score (nSPS) is 19.4. The van der Waals surface area contributed by atoms with Gasteiger partial charge in [-0.1, -0.05) is 59.6 Å². The summed E-state index contributed by atoms with van der Waals surface area (Å²) in [4.78, 5) is 48.7. The van der Waals surface area contributed by atoms with Gasteiger partial charge in [0.2, 0.25) is 0 Å². The lowest BCUT2D eigenvalue weighted by molar-refractivity contribution is -0.143. The number of H-pyrrole nitrogens is 1. The van der Waals surface area contributed by atoms with Crippen molar-refractivity contribution in [3.63, 3.8) is 0 Å². The molecule has 2 amide bonds. The molecule has 1 atom stereocenters. The first-order valence-electron chi connectivity index (χ1n) is 15.7. The Balaban J connectivity index is 1.09. The summed E-state index contributed by atoms with van der Waals surface area (Å²) < 4.78 is 7.43. The number of carbonyl (C=O) groups is 2. The molecule has 4 heterocycles. The number of ether oxygens (including phenoxy) is 1. The number of hydrogen-bond acceptors (Lipinski definition) is 7. The predicted molar refractivity (Wildman–Crippen MR) is 173 cm³/mol. The molecule has 3 fully saturated rings. The quantitative estimate of drug-likeness (QED) is 0.398. The van der Waals surface area contributed by atoms with Gasteiger partial charge in [-0.25, -0.2) is 14.3 Å². The Kier molecular flexibility index (Phi) is 10.1. The van der Waals surface area contributed by atoms with E-state index in [1.807, 2.05) is 35.2 Å². The van der Waals surface area contributed by atoms with Gasteiger partial charge in [0.15, 0.2) is 11.9 Å². The van der Waals surface area contributed by atoms with Crippen LogP contribution < -0.4 is 11.0 Å². The van der Waals surface area contributed by atoms with Gasteiger partial charge in [0.05, 0.1) is 16.1 Å². The van der Waals surface area contributed by atoms with Crippen molar-refractivity contribution < 1.29 is 14.3 Å². The number of piperidine rings is 2. The Hall–Kier alpha value is -3.38. The molecule has 3 aromatic rings. The van der Waals surface area contributed by atoms with Crippen LogP contribution in [0.1, 0.15) is 37.3 Å². The highest BCUT2D eigenvalue weighted by Crippen LogP contribution is 2.26. The zero-order valence-electron chi connectivity index (χ0n) is 25.2. The summed E-state index contributed by atoms with van der Waals surface area (Å²) >= 11 is 12.4. The van der Waals surface area contributed by atoms with E-state index in [4.69, 9.17) is 27.9 Å². The van der Waals surface area contributed by atoms with Crippen LogP contribution in [0.25, 0.3) is 11.4 Å². The van der Waals surface area contributed by atoms with Crippen molar-refractivity contribution in [1.29, 1.82) is 0 Å². The van der Waals surface area contributed by atoms with Crippen LogP contribution in [0.3, 0.4) is 0 Å². The molecule has 11 nitrogen and oxygen atoms in total. The molecule has 240 valence electrons. The highest BCUT2D eigenvalue weighted by atomic mass is 35.5. The van der Waals surface area contributed by atoms with Crippen molar-refractivity contribution in [2.45, 2.75) is 50.3 Å². The SMILES string of the molecule is O=C(O[C@H](Cc1ccc(Cl)c(Cl)c1)C(=O)N1CCN(C2CCNCC2)CC1)N1CCC(n2nc(-c3ccccc3)[nH]c2=O)CC1. The predicted octanol–water partition coefficient (Wildman–Crippen LogP) is 3.83. The van der Waals surface area contributed by atoms with Gasteiger partial charge >= 0.3 is 11.8 Å². The smallest absolute Gasteiger partial charge is 0.410 e. The Bertz CT molecular complexity index is 1530. The van der Waals surface area contributed by atoms with E-state index in [9.17, 15) is 14.4 Å². The van der Waals surface area contributed by atoms with Gasteiger partial charge in [0.25, 0.3) is 5.91 Å². The van der Waals surface area contributed by atoms with Crippen molar-refractivity contribution >= 4 is 35.2 Å². The highest BCUT2D eigenvalue weighted by Gasteiger charge is 2.35. The number of piperazine rings is 1. The molecule has 0 saturated carbocycles. The number of nitrogens with one attached hydrogen (secondary N) is 2. The van der Waals surface area contributed by atoms with E-state index in [1.54, 1.807) is 23.1 Å². The fourth-order valence-corrected chi connectivity index (χ4v) is 6.86. The van der Waals surface area contributed by atoms with E-state index in [0.717, 1.165) is 50.1 Å². The van der Waals surface area contributed by atoms with Crippen LogP contribution in [0.4, 0.5) is 4.79 Å². The third kappa shape index (κ3) is 7.54. The first kappa shape index (κ1) is 31.6. The van der Waals surface area contributed by atoms with Crippen LogP contribution in [0.15, 0.2) is 53.3 Å². The van der Waals surface area contributed by atoms with Gasteiger partial charge in [0, 0.05) is 57.3 Å². The minimum atomic E-state index is -1.000. The molecule has 3 aliphatic rings. The Morgan fingerprint density at radius 1 is 0.867 bits per heavy atom. The molecular weight excluding hydrogens is 617 g/mol. The molecule has 0 spiro atoms. The zero-order chi connectivity index (χ0) is 31.3. The number of nitrogens with zero attached hydrogens (tertiary/aromatic N) is 5. The molecule has 0 bridgehead atoms. The van der Waals surface area contributed by atoms with Gasteiger partial charge in [-0.15, -0.1) is 5.10 Å². The summed E-state index contributed by atoms with van der Waals surface area (Å²) in [7, 11) is 0. The van der Waals surface area contributed by atoms with Crippen LogP contribution in [0.2, 0.25) is 10.0 Å². The number of amides is 2. The first-order valence-corrected chi connectivity index (χ1v) is 16.5. The van der Waals surface area contributed by atoms with Crippen LogP contribution in [0, 0.1) is 0 Å². The monoisotopic (exact) mass is 655 g/mol. The van der Waals surface area contributed by atoms with Crippen LogP contribution >= 0.6 is 23.2 Å². The number of rotatable bonds is 7. The molecule has 2 aromatic carbocycles. The number of aromatic amines is 1. The second-order valence-electron chi connectivity index (χ2n) is 12.0. The average molecular weight is 657 g/mol. The molecular formula is C32H39Cl2N7O4. The van der Waals surface area contributed by atoms with E-state index in [2.05, 4.69) is 20.3 Å². The lowest BCUT2D eigenvalue weighted by Gasteiger charge is -2.41. The first-order chi connectivity index (χ1) is 21.9. The van der Waals surface area contributed by atoms with Crippen molar-refractivity contribution in [2.75, 3.05) is 52.4 Å². The summed E-state index contributed by atoms with van der Waals surface area (Å²) in [6, 6.07) is 15.1. The van der Waals surface area contributed by atoms with Crippen LogP contribution in [-0.2, 0) is 16.0 Å². The van der Waals surface area contributed by atoms with Crippen molar-refractivity contribution in [3.05, 3.63) is 74.6 Å². The number of hydrogen-bond donors (Lipinski definition) is 2. The molecule has 3 saturated heterocycles. The Morgan fingerprint density at radius 2 is 1.58 bits per heavy atom. The summed E-state index contributed by atoms with van der Waals surface area (Å²) in [5, 5.41) is 8.74. The van der Waals surface area contributed by atoms with Crippen LogP contribution in [0.5, 0.6) is 0 Å². The number of carbonyl (C=O) groups excluding carboxylic acids is 2. The fraction of sp³-hybridized carbons (Fsp3) is 0.500. The molecule has 0 radical (unpaired) electrons. The minimum absolute atomic E-state index is 0.153. The second kappa shape index (κ2) is 14.4. The Labute approximate surface area is 272 Å². The maximum absolute atomic E-state index is 13.8. The van der Waals surface area contributed by atoms with Gasteiger partial charge in [0.1, 0.15) is 0 Å². The van der Waals surface area contributed by atoms with Gasteiger partial charge in [-0.2, -0.15) is 0 Å². The van der Waals surface area contributed by atoms with Gasteiger partial charge < -0.3 is 19.9 Å². The van der Waals surface area contributed by atoms with Gasteiger partial charge in [-0.3, -0.25) is 14.7 Å². The molecule has 1 aromatic heterocycles. The molecule has 0 unspecified atom stereocenters. The maximum Gasteiger partial charge on any atom is 0.410 e. The second-order valence-corrected chi connectivity index (χ2v) is 12.8. The molecule has 2 N–H and O–H groups in total. The molecule has 13 heteroatoms. The van der Waals surface area contributed by atoms with Crippen molar-refractivity contribution in [2.24, 2.45) is 0 Å². The minimum Gasteiger partial charge on any atom is -0.436 e. The summed E-state index contributed by atoms with van der Waals surface area (Å²) in [5.41, 5.74) is 1.32. The Morgan fingerprint density at radius 3 is 2.27 bits per heavy atom. The van der Waals surface area contributed by atoms with E-state index in [0.29, 0.717) is 60.9 Å².